The first kappa shape index (κ1) is 23.3. The first-order chi connectivity index (χ1) is 16.3. The largest absolute Gasteiger partial charge is 0.444 e. The van der Waals surface area contributed by atoms with E-state index in [1.165, 1.54) is 4.68 Å². The van der Waals surface area contributed by atoms with Crippen molar-refractivity contribution < 1.29 is 18.8 Å². The molecule has 0 aliphatic heterocycles. The predicted molar refractivity (Wildman–Crippen MR) is 127 cm³/mol. The van der Waals surface area contributed by atoms with Gasteiger partial charge in [0.25, 0.3) is 5.91 Å². The SMILES string of the molecule is Cc1ccc(Cn2nc(C)c(C(=O)OC(C(=O)Nc3cc(C)on3)c3ccccc3)c2Cl)cc1. The van der Waals surface area contributed by atoms with E-state index in [2.05, 4.69) is 15.6 Å². The molecule has 34 heavy (non-hydrogen) atoms. The minimum atomic E-state index is -1.23. The number of carbonyl (C=O) groups is 2. The van der Waals surface area contributed by atoms with Gasteiger partial charge in [-0.3, -0.25) is 4.79 Å². The number of ether oxygens (including phenoxy) is 1. The van der Waals surface area contributed by atoms with Crippen molar-refractivity contribution in [3.05, 3.63) is 99.5 Å². The number of amides is 1. The van der Waals surface area contributed by atoms with Crippen molar-refractivity contribution in [1.82, 2.24) is 14.9 Å². The number of halogens is 1. The molecule has 2 heterocycles. The zero-order valence-corrected chi connectivity index (χ0v) is 19.7. The highest BCUT2D eigenvalue weighted by molar-refractivity contribution is 6.32. The van der Waals surface area contributed by atoms with Crippen LogP contribution >= 0.6 is 11.6 Å². The number of nitrogens with zero attached hydrogens (tertiary/aromatic N) is 3. The van der Waals surface area contributed by atoms with Gasteiger partial charge in [-0.1, -0.05) is 76.9 Å². The Labute approximate surface area is 201 Å². The molecule has 0 bridgehead atoms. The molecule has 0 saturated carbocycles. The topological polar surface area (TPSA) is 99.2 Å². The van der Waals surface area contributed by atoms with Crippen molar-refractivity contribution in [2.45, 2.75) is 33.4 Å². The van der Waals surface area contributed by atoms with Crippen LogP contribution in [0, 0.1) is 20.8 Å². The van der Waals surface area contributed by atoms with Crippen molar-refractivity contribution in [3.8, 4) is 0 Å². The lowest BCUT2D eigenvalue weighted by molar-refractivity contribution is -0.125. The number of aryl methyl sites for hydroxylation is 3. The number of carbonyl (C=O) groups excluding carboxylic acids is 2. The normalized spacial score (nSPS) is 11.8. The van der Waals surface area contributed by atoms with E-state index < -0.39 is 18.0 Å². The Morgan fingerprint density at radius 3 is 2.44 bits per heavy atom. The zero-order chi connectivity index (χ0) is 24.2. The summed E-state index contributed by atoms with van der Waals surface area (Å²) >= 11 is 6.52. The molecule has 4 aromatic rings. The monoisotopic (exact) mass is 478 g/mol. The molecule has 0 radical (unpaired) electrons. The van der Waals surface area contributed by atoms with E-state index in [0.717, 1.165) is 11.1 Å². The minimum Gasteiger partial charge on any atom is -0.444 e. The minimum absolute atomic E-state index is 0.111. The summed E-state index contributed by atoms with van der Waals surface area (Å²) in [5, 5.41) is 10.9. The second kappa shape index (κ2) is 9.93. The molecule has 2 aromatic carbocycles. The molecule has 2 aromatic heterocycles. The molecule has 0 fully saturated rings. The van der Waals surface area contributed by atoms with Crippen LogP contribution in [0.15, 0.2) is 65.2 Å². The zero-order valence-electron chi connectivity index (χ0n) is 18.9. The number of rotatable bonds is 7. The van der Waals surface area contributed by atoms with Gasteiger partial charge in [0.15, 0.2) is 5.82 Å². The number of benzene rings is 2. The molecule has 1 amide bonds. The highest BCUT2D eigenvalue weighted by Crippen LogP contribution is 2.26. The van der Waals surface area contributed by atoms with Crippen molar-refractivity contribution in [1.29, 1.82) is 0 Å². The van der Waals surface area contributed by atoms with Crippen LogP contribution in [0.4, 0.5) is 5.82 Å². The molecular weight excluding hydrogens is 456 g/mol. The van der Waals surface area contributed by atoms with Gasteiger partial charge in [0.2, 0.25) is 6.10 Å². The van der Waals surface area contributed by atoms with E-state index in [-0.39, 0.29) is 16.5 Å². The van der Waals surface area contributed by atoms with Crippen LogP contribution in [0.25, 0.3) is 0 Å². The van der Waals surface area contributed by atoms with Crippen LogP contribution in [0.2, 0.25) is 5.15 Å². The summed E-state index contributed by atoms with van der Waals surface area (Å²) in [5.74, 6) is -0.571. The quantitative estimate of drug-likeness (QED) is 0.374. The summed E-state index contributed by atoms with van der Waals surface area (Å²) < 4.78 is 12.2. The number of hydrogen-bond donors (Lipinski definition) is 1. The third-order valence-corrected chi connectivity index (χ3v) is 5.55. The summed E-state index contributed by atoms with van der Waals surface area (Å²) in [7, 11) is 0. The molecule has 1 N–H and O–H groups in total. The lowest BCUT2D eigenvalue weighted by Crippen LogP contribution is -2.26. The van der Waals surface area contributed by atoms with Gasteiger partial charge in [-0.15, -0.1) is 0 Å². The Morgan fingerprint density at radius 1 is 1.09 bits per heavy atom. The van der Waals surface area contributed by atoms with Crippen molar-refractivity contribution >= 4 is 29.3 Å². The van der Waals surface area contributed by atoms with Crippen LogP contribution in [-0.2, 0) is 16.1 Å². The summed E-state index contributed by atoms with van der Waals surface area (Å²) in [6.07, 6.45) is -1.23. The molecule has 9 heteroatoms. The van der Waals surface area contributed by atoms with Crippen LogP contribution in [0.5, 0.6) is 0 Å². The van der Waals surface area contributed by atoms with E-state index in [1.807, 2.05) is 31.2 Å². The molecule has 174 valence electrons. The third-order valence-electron chi connectivity index (χ3n) is 5.17. The fraction of sp³-hybridized carbons (Fsp3) is 0.200. The maximum Gasteiger partial charge on any atom is 0.344 e. The molecule has 4 rings (SSSR count). The van der Waals surface area contributed by atoms with Crippen LogP contribution in [0.1, 0.15) is 44.6 Å². The van der Waals surface area contributed by atoms with E-state index in [0.29, 0.717) is 23.6 Å². The van der Waals surface area contributed by atoms with Crippen molar-refractivity contribution in [3.63, 3.8) is 0 Å². The fourth-order valence-corrected chi connectivity index (χ4v) is 3.75. The van der Waals surface area contributed by atoms with E-state index in [4.69, 9.17) is 20.9 Å². The average Bonchev–Trinajstić information content (AvgIpc) is 3.35. The maximum absolute atomic E-state index is 13.2. The maximum atomic E-state index is 13.2. The van der Waals surface area contributed by atoms with Gasteiger partial charge < -0.3 is 14.6 Å². The Kier molecular flexibility index (Phi) is 6.79. The summed E-state index contributed by atoms with van der Waals surface area (Å²) in [5.41, 5.74) is 3.14. The van der Waals surface area contributed by atoms with Crippen LogP contribution in [0.3, 0.4) is 0 Å². The second-order valence-electron chi connectivity index (χ2n) is 7.90. The van der Waals surface area contributed by atoms with Crippen molar-refractivity contribution in [2.24, 2.45) is 0 Å². The first-order valence-electron chi connectivity index (χ1n) is 10.6. The Morgan fingerprint density at radius 2 is 1.79 bits per heavy atom. The predicted octanol–water partition coefficient (Wildman–Crippen LogP) is 5.03. The molecule has 1 atom stereocenters. The highest BCUT2D eigenvalue weighted by Gasteiger charge is 2.30. The average molecular weight is 479 g/mol. The Bertz CT molecular complexity index is 1310. The number of hydrogen-bond acceptors (Lipinski definition) is 6. The van der Waals surface area contributed by atoms with Gasteiger partial charge in [0.1, 0.15) is 16.5 Å². The number of nitrogens with one attached hydrogen (secondary N) is 1. The molecule has 0 spiro atoms. The van der Waals surface area contributed by atoms with Gasteiger partial charge in [0, 0.05) is 11.6 Å². The first-order valence-corrected chi connectivity index (χ1v) is 11.0. The van der Waals surface area contributed by atoms with Gasteiger partial charge in [-0.25, -0.2) is 9.48 Å². The number of anilines is 1. The molecule has 0 saturated heterocycles. The van der Waals surface area contributed by atoms with Crippen LogP contribution < -0.4 is 5.32 Å². The molecule has 0 aliphatic rings. The van der Waals surface area contributed by atoms with Crippen LogP contribution in [-0.4, -0.2) is 26.8 Å². The van der Waals surface area contributed by atoms with Gasteiger partial charge in [-0.2, -0.15) is 5.10 Å². The smallest absolute Gasteiger partial charge is 0.344 e. The second-order valence-corrected chi connectivity index (χ2v) is 8.26. The van der Waals surface area contributed by atoms with E-state index in [1.54, 1.807) is 50.2 Å². The van der Waals surface area contributed by atoms with Gasteiger partial charge in [0.05, 0.1) is 12.2 Å². The fourth-order valence-electron chi connectivity index (χ4n) is 3.44. The molecule has 1 unspecified atom stereocenters. The van der Waals surface area contributed by atoms with E-state index in [9.17, 15) is 9.59 Å². The lowest BCUT2D eigenvalue weighted by Gasteiger charge is -2.17. The van der Waals surface area contributed by atoms with Gasteiger partial charge in [-0.05, 0) is 26.3 Å². The van der Waals surface area contributed by atoms with E-state index >= 15 is 0 Å². The summed E-state index contributed by atoms with van der Waals surface area (Å²) in [6.45, 7) is 5.77. The van der Waals surface area contributed by atoms with Crippen molar-refractivity contribution in [2.75, 3.05) is 5.32 Å². The lowest BCUT2D eigenvalue weighted by atomic mass is 10.1. The van der Waals surface area contributed by atoms with Gasteiger partial charge >= 0.3 is 5.97 Å². The number of esters is 1. The highest BCUT2D eigenvalue weighted by atomic mass is 35.5. The number of aromatic nitrogens is 3. The standard InChI is InChI=1S/C25H23ClN4O4/c1-15-9-11-18(12-10-15)14-30-23(26)21(17(3)28-30)25(32)33-22(19-7-5-4-6-8-19)24(31)27-20-13-16(2)34-29-20/h4-13,22H,14H2,1-3H3,(H,27,29,31). The molecular formula is C25H23ClN4O4. The third kappa shape index (κ3) is 5.18. The Hall–Kier alpha value is -3.91. The molecule has 8 nitrogen and oxygen atoms in total. The Balaban J connectivity index is 1.58. The summed E-state index contributed by atoms with van der Waals surface area (Å²) in [6, 6.07) is 18.2. The summed E-state index contributed by atoms with van der Waals surface area (Å²) in [4.78, 5) is 26.2. The molecule has 0 aliphatic carbocycles.